The second-order valence-corrected chi connectivity index (χ2v) is 11.8. The SMILES string of the molecule is CC(C)N1CC[C@H](N(C)[C@H]2CCCC(F)(F)[C@@H]2NC(=O)N2C[C@H]3C[C@@H](c4ccccc4)C[C@H]3C2)C1. The van der Waals surface area contributed by atoms with Crippen molar-refractivity contribution in [3.8, 4) is 0 Å². The molecule has 5 rings (SSSR count). The van der Waals surface area contributed by atoms with Crippen LogP contribution in [0.1, 0.15) is 63.9 Å². The molecule has 0 aromatic heterocycles. The Morgan fingerprint density at radius 2 is 1.77 bits per heavy atom. The van der Waals surface area contributed by atoms with Crippen LogP contribution in [0.2, 0.25) is 0 Å². The van der Waals surface area contributed by atoms with Gasteiger partial charge in [-0.2, -0.15) is 0 Å². The Morgan fingerprint density at radius 3 is 2.40 bits per heavy atom. The molecule has 2 aliphatic carbocycles. The van der Waals surface area contributed by atoms with Gasteiger partial charge in [0, 0.05) is 50.7 Å². The second-order valence-electron chi connectivity index (χ2n) is 11.8. The Balaban J connectivity index is 1.21. The van der Waals surface area contributed by atoms with Crippen molar-refractivity contribution in [1.82, 2.24) is 20.0 Å². The van der Waals surface area contributed by atoms with E-state index < -0.39 is 12.0 Å². The van der Waals surface area contributed by atoms with Crippen LogP contribution in [0, 0.1) is 11.8 Å². The molecule has 6 atom stereocenters. The number of hydrogen-bond acceptors (Lipinski definition) is 3. The number of urea groups is 1. The Labute approximate surface area is 209 Å². The zero-order valence-electron chi connectivity index (χ0n) is 21.5. The van der Waals surface area contributed by atoms with Crippen LogP contribution in [0.4, 0.5) is 13.6 Å². The maximum absolute atomic E-state index is 15.2. The number of likely N-dealkylation sites (N-methyl/N-ethyl adjacent to an activating group) is 1. The topological polar surface area (TPSA) is 38.8 Å². The van der Waals surface area contributed by atoms with Gasteiger partial charge in [0.1, 0.15) is 6.04 Å². The van der Waals surface area contributed by atoms with Crippen molar-refractivity contribution in [2.45, 2.75) is 88.4 Å². The van der Waals surface area contributed by atoms with Crippen LogP contribution < -0.4 is 5.32 Å². The molecule has 2 saturated heterocycles. The molecule has 2 aliphatic heterocycles. The van der Waals surface area contributed by atoms with E-state index >= 15 is 8.78 Å². The maximum Gasteiger partial charge on any atom is 0.317 e. The van der Waals surface area contributed by atoms with Crippen molar-refractivity contribution in [3.63, 3.8) is 0 Å². The van der Waals surface area contributed by atoms with Gasteiger partial charge >= 0.3 is 6.03 Å². The molecule has 2 heterocycles. The Morgan fingerprint density at radius 1 is 1.09 bits per heavy atom. The molecule has 0 unspecified atom stereocenters. The van der Waals surface area contributed by atoms with Crippen LogP contribution in [0.15, 0.2) is 30.3 Å². The van der Waals surface area contributed by atoms with Crippen LogP contribution >= 0.6 is 0 Å². The monoisotopic (exact) mass is 488 g/mol. The minimum absolute atomic E-state index is 0.144. The van der Waals surface area contributed by atoms with E-state index in [0.29, 0.717) is 49.7 Å². The standard InChI is InChI=1S/C28H42F2N4O/c1-19(2)33-13-11-24(18-33)32(3)25-10-7-12-28(29,30)26(25)31-27(35)34-16-22-14-21(15-23(22)17-34)20-8-5-4-6-9-20/h4-6,8-9,19,21-26H,7,10-18H2,1-3H3,(H,31,35)/t21-,22-,23+,24-,25-,26+/m0/s1. The lowest BCUT2D eigenvalue weighted by Gasteiger charge is -2.45. The fourth-order valence-electron chi connectivity index (χ4n) is 7.32. The van der Waals surface area contributed by atoms with E-state index in [0.717, 1.165) is 32.4 Å². The first-order valence-corrected chi connectivity index (χ1v) is 13.7. The summed E-state index contributed by atoms with van der Waals surface area (Å²) < 4.78 is 30.4. The number of hydrogen-bond donors (Lipinski definition) is 1. The van der Waals surface area contributed by atoms with Crippen molar-refractivity contribution in [3.05, 3.63) is 35.9 Å². The molecule has 0 bridgehead atoms. The van der Waals surface area contributed by atoms with Crippen LogP contribution in [0.25, 0.3) is 0 Å². The maximum atomic E-state index is 15.2. The molecule has 1 aromatic rings. The summed E-state index contributed by atoms with van der Waals surface area (Å²) in [7, 11) is 1.99. The average Bonchev–Trinajstić information content (AvgIpc) is 3.55. The van der Waals surface area contributed by atoms with Gasteiger partial charge in [-0.25, -0.2) is 13.6 Å². The molecular formula is C28H42F2N4O. The van der Waals surface area contributed by atoms with Crippen LogP contribution in [-0.4, -0.2) is 84.0 Å². The van der Waals surface area contributed by atoms with Crippen LogP contribution in [-0.2, 0) is 0 Å². The highest BCUT2D eigenvalue weighted by Crippen LogP contribution is 2.46. The van der Waals surface area contributed by atoms with E-state index in [1.54, 1.807) is 0 Å². The lowest BCUT2D eigenvalue weighted by Crippen LogP contribution is -2.64. The number of carbonyl (C=O) groups excluding carboxylic acids is 1. The highest BCUT2D eigenvalue weighted by Gasteiger charge is 2.51. The minimum atomic E-state index is -2.88. The summed E-state index contributed by atoms with van der Waals surface area (Å²) in [6, 6.07) is 9.60. The minimum Gasteiger partial charge on any atom is -0.328 e. The first-order chi connectivity index (χ1) is 16.7. The van der Waals surface area contributed by atoms with E-state index in [1.807, 2.05) is 18.0 Å². The molecule has 1 aromatic carbocycles. The summed E-state index contributed by atoms with van der Waals surface area (Å²) >= 11 is 0. The molecule has 2 saturated carbocycles. The van der Waals surface area contributed by atoms with E-state index in [9.17, 15) is 4.79 Å². The van der Waals surface area contributed by atoms with Gasteiger partial charge < -0.3 is 10.2 Å². The predicted octanol–water partition coefficient (Wildman–Crippen LogP) is 4.79. The molecule has 0 spiro atoms. The van der Waals surface area contributed by atoms with E-state index in [1.165, 1.54) is 5.56 Å². The quantitative estimate of drug-likeness (QED) is 0.648. The van der Waals surface area contributed by atoms with Gasteiger partial charge in [0.2, 0.25) is 0 Å². The third-order valence-electron chi connectivity index (χ3n) is 9.46. The second kappa shape index (κ2) is 9.97. The zero-order valence-corrected chi connectivity index (χ0v) is 21.5. The lowest BCUT2D eigenvalue weighted by atomic mass is 9.85. The first-order valence-electron chi connectivity index (χ1n) is 13.7. The third kappa shape index (κ3) is 5.08. The average molecular weight is 489 g/mol. The number of amides is 2. The summed E-state index contributed by atoms with van der Waals surface area (Å²) in [4.78, 5) is 19.7. The van der Waals surface area contributed by atoms with E-state index in [4.69, 9.17) is 0 Å². The van der Waals surface area contributed by atoms with Gasteiger partial charge in [0.05, 0.1) is 0 Å². The summed E-state index contributed by atoms with van der Waals surface area (Å²) in [6.45, 7) is 7.67. The van der Waals surface area contributed by atoms with Crippen LogP contribution in [0.5, 0.6) is 0 Å². The van der Waals surface area contributed by atoms with Gasteiger partial charge in [-0.15, -0.1) is 0 Å². The number of carbonyl (C=O) groups is 1. The number of benzene rings is 1. The molecular weight excluding hydrogens is 446 g/mol. The third-order valence-corrected chi connectivity index (χ3v) is 9.46. The summed E-state index contributed by atoms with van der Waals surface area (Å²) in [5.74, 6) is -1.39. The largest absolute Gasteiger partial charge is 0.328 e. The number of alkyl halides is 2. The van der Waals surface area contributed by atoms with Crippen molar-refractivity contribution < 1.29 is 13.6 Å². The molecule has 5 nitrogen and oxygen atoms in total. The Hall–Kier alpha value is -1.73. The number of halogens is 2. The molecule has 35 heavy (non-hydrogen) atoms. The van der Waals surface area contributed by atoms with Gasteiger partial charge in [0.15, 0.2) is 0 Å². The summed E-state index contributed by atoms with van der Waals surface area (Å²) in [6.07, 6.45) is 4.22. The molecule has 4 aliphatic rings. The molecule has 194 valence electrons. The van der Waals surface area contributed by atoms with Crippen molar-refractivity contribution in [2.24, 2.45) is 11.8 Å². The molecule has 1 N–H and O–H groups in total. The van der Waals surface area contributed by atoms with Crippen molar-refractivity contribution in [2.75, 3.05) is 33.2 Å². The summed E-state index contributed by atoms with van der Waals surface area (Å²) in [5, 5.41) is 2.85. The van der Waals surface area contributed by atoms with Crippen molar-refractivity contribution in [1.29, 1.82) is 0 Å². The predicted molar refractivity (Wildman–Crippen MR) is 135 cm³/mol. The van der Waals surface area contributed by atoms with Gasteiger partial charge in [0.25, 0.3) is 5.92 Å². The molecule has 2 amide bonds. The number of rotatable bonds is 5. The molecule has 7 heteroatoms. The molecule has 4 fully saturated rings. The highest BCUT2D eigenvalue weighted by atomic mass is 19.3. The number of nitrogens with one attached hydrogen (secondary N) is 1. The normalized spacial score (nSPS) is 35.1. The van der Waals surface area contributed by atoms with Crippen molar-refractivity contribution >= 4 is 6.03 Å². The number of fused-ring (bicyclic) bond motifs is 1. The van der Waals surface area contributed by atoms with Crippen LogP contribution in [0.3, 0.4) is 0 Å². The zero-order chi connectivity index (χ0) is 24.7. The number of nitrogens with zero attached hydrogens (tertiary/aromatic N) is 3. The fourth-order valence-corrected chi connectivity index (χ4v) is 7.32. The Bertz CT molecular complexity index is 867. The van der Waals surface area contributed by atoms with E-state index in [2.05, 4.69) is 53.2 Å². The van der Waals surface area contributed by atoms with Gasteiger partial charge in [-0.3, -0.25) is 9.80 Å². The van der Waals surface area contributed by atoms with Gasteiger partial charge in [-0.1, -0.05) is 30.3 Å². The lowest BCUT2D eigenvalue weighted by molar-refractivity contribution is -0.0931. The summed E-state index contributed by atoms with van der Waals surface area (Å²) in [5.41, 5.74) is 1.38. The molecule has 0 radical (unpaired) electrons. The first kappa shape index (κ1) is 24.9. The van der Waals surface area contributed by atoms with E-state index in [-0.39, 0.29) is 24.5 Å². The highest BCUT2D eigenvalue weighted by molar-refractivity contribution is 5.75. The number of likely N-dealkylation sites (tertiary alicyclic amines) is 2. The van der Waals surface area contributed by atoms with Gasteiger partial charge in [-0.05, 0) is 76.3 Å². The Kier molecular flexibility index (Phi) is 7.10. The fraction of sp³-hybridized carbons (Fsp3) is 0.750. The smallest absolute Gasteiger partial charge is 0.317 e.